The van der Waals surface area contributed by atoms with Crippen LogP contribution in [0, 0.1) is 0 Å². The molecule has 0 atom stereocenters. The molecule has 0 aliphatic rings. The fourth-order valence-electron chi connectivity index (χ4n) is 8.50. The molecule has 8 aromatic carbocycles. The average molecular weight is 694 g/mol. The van der Waals surface area contributed by atoms with E-state index in [4.69, 9.17) is 14.4 Å². The molecule has 53 heavy (non-hydrogen) atoms. The van der Waals surface area contributed by atoms with Crippen molar-refractivity contribution in [2.45, 2.75) is 0 Å². The second-order valence-electron chi connectivity index (χ2n) is 13.7. The normalized spacial score (nSPS) is 12.2. The molecular formula is C48H27N3OS. The highest BCUT2D eigenvalue weighted by Crippen LogP contribution is 2.45. The van der Waals surface area contributed by atoms with E-state index in [0.29, 0.717) is 11.5 Å². The van der Waals surface area contributed by atoms with Gasteiger partial charge < -0.3 is 4.42 Å². The number of aromatic nitrogens is 3. The van der Waals surface area contributed by atoms with Gasteiger partial charge in [-0.25, -0.2) is 9.97 Å². The number of rotatable bonds is 3. The lowest BCUT2D eigenvalue weighted by molar-refractivity contribution is 0.667. The molecule has 12 aromatic rings. The first-order valence-electron chi connectivity index (χ1n) is 17.8. The van der Waals surface area contributed by atoms with Crippen molar-refractivity contribution in [3.63, 3.8) is 0 Å². The molecule has 0 saturated carbocycles. The second-order valence-corrected chi connectivity index (χ2v) is 14.7. The Balaban J connectivity index is 1.24. The van der Waals surface area contributed by atoms with Crippen LogP contribution in [0.2, 0.25) is 0 Å². The lowest BCUT2D eigenvalue weighted by Gasteiger charge is -2.11. The molecule has 4 heterocycles. The van der Waals surface area contributed by atoms with Crippen molar-refractivity contribution in [1.82, 2.24) is 14.5 Å². The Morgan fingerprint density at radius 2 is 1.21 bits per heavy atom. The van der Waals surface area contributed by atoms with Gasteiger partial charge >= 0.3 is 0 Å². The zero-order valence-electron chi connectivity index (χ0n) is 28.2. The number of furan rings is 1. The molecule has 4 nitrogen and oxygen atoms in total. The van der Waals surface area contributed by atoms with Crippen LogP contribution in [0.5, 0.6) is 0 Å². The van der Waals surface area contributed by atoms with E-state index < -0.39 is 0 Å². The smallest absolute Gasteiger partial charge is 0.236 e. The highest BCUT2D eigenvalue weighted by molar-refractivity contribution is 7.26. The summed E-state index contributed by atoms with van der Waals surface area (Å²) >= 11 is 1.83. The summed E-state index contributed by atoms with van der Waals surface area (Å²) < 4.78 is 11.7. The highest BCUT2D eigenvalue weighted by atomic mass is 32.1. The van der Waals surface area contributed by atoms with Gasteiger partial charge in [-0.05, 0) is 50.9 Å². The summed E-state index contributed by atoms with van der Waals surface area (Å²) in [7, 11) is 0. The quantitative estimate of drug-likeness (QED) is 0.185. The maximum atomic E-state index is 6.95. The first-order valence-corrected chi connectivity index (χ1v) is 18.7. The van der Waals surface area contributed by atoms with Gasteiger partial charge in [-0.2, -0.15) is 0 Å². The molecule has 0 saturated heterocycles. The molecule has 0 unspecified atom stereocenters. The van der Waals surface area contributed by atoms with E-state index in [2.05, 4.69) is 162 Å². The molecule has 0 aliphatic heterocycles. The minimum Gasteiger partial charge on any atom is -0.452 e. The Kier molecular flexibility index (Phi) is 5.90. The van der Waals surface area contributed by atoms with Gasteiger partial charge in [0.2, 0.25) is 5.95 Å². The van der Waals surface area contributed by atoms with Crippen LogP contribution >= 0.6 is 11.3 Å². The number of para-hydroxylation sites is 1. The number of thiophene rings is 1. The van der Waals surface area contributed by atoms with Gasteiger partial charge in [0.05, 0.1) is 21.1 Å². The van der Waals surface area contributed by atoms with Gasteiger partial charge in [-0.3, -0.25) is 4.57 Å². The molecule has 12 rings (SSSR count). The average Bonchev–Trinajstić information content (AvgIpc) is 3.90. The van der Waals surface area contributed by atoms with Gasteiger partial charge in [0.25, 0.3) is 0 Å². The van der Waals surface area contributed by atoms with Crippen molar-refractivity contribution in [1.29, 1.82) is 0 Å². The Morgan fingerprint density at radius 1 is 0.509 bits per heavy atom. The van der Waals surface area contributed by atoms with Crippen LogP contribution in [0.3, 0.4) is 0 Å². The van der Waals surface area contributed by atoms with Crippen molar-refractivity contribution >= 4 is 96.9 Å². The zero-order chi connectivity index (χ0) is 34.6. The van der Waals surface area contributed by atoms with Crippen molar-refractivity contribution in [3.05, 3.63) is 164 Å². The monoisotopic (exact) mass is 693 g/mol. The van der Waals surface area contributed by atoms with E-state index in [1.54, 1.807) is 0 Å². The first-order chi connectivity index (χ1) is 26.3. The summed E-state index contributed by atoms with van der Waals surface area (Å²) in [6, 6.07) is 58.1. The van der Waals surface area contributed by atoms with Crippen LogP contribution in [-0.2, 0) is 0 Å². The van der Waals surface area contributed by atoms with E-state index in [1.807, 2.05) is 17.4 Å². The summed E-state index contributed by atoms with van der Waals surface area (Å²) in [4.78, 5) is 11.0. The molecule has 5 heteroatoms. The summed E-state index contributed by atoms with van der Waals surface area (Å²) in [6.45, 7) is 0. The molecule has 0 N–H and O–H groups in total. The maximum absolute atomic E-state index is 6.95. The molecule has 0 spiro atoms. The third-order valence-electron chi connectivity index (χ3n) is 10.8. The van der Waals surface area contributed by atoms with Gasteiger partial charge in [-0.1, -0.05) is 146 Å². The predicted octanol–water partition coefficient (Wildman–Crippen LogP) is 13.5. The summed E-state index contributed by atoms with van der Waals surface area (Å²) in [6.07, 6.45) is 0. The lowest BCUT2D eigenvalue weighted by atomic mass is 9.92. The highest BCUT2D eigenvalue weighted by Gasteiger charge is 2.25. The van der Waals surface area contributed by atoms with E-state index >= 15 is 0 Å². The van der Waals surface area contributed by atoms with Crippen molar-refractivity contribution in [3.8, 4) is 28.3 Å². The van der Waals surface area contributed by atoms with Crippen LogP contribution < -0.4 is 0 Å². The molecule has 4 aromatic heterocycles. The largest absolute Gasteiger partial charge is 0.452 e. The Hall–Kier alpha value is -6.82. The topological polar surface area (TPSA) is 43.9 Å². The van der Waals surface area contributed by atoms with E-state index in [0.717, 1.165) is 55.1 Å². The molecule has 246 valence electrons. The van der Waals surface area contributed by atoms with E-state index in [9.17, 15) is 0 Å². The van der Waals surface area contributed by atoms with Crippen molar-refractivity contribution in [2.24, 2.45) is 0 Å². The second kappa shape index (κ2) is 10.8. The minimum atomic E-state index is 0.623. The standard InChI is InChI=1S/C48H27N3OS/c1-2-14-29(15-3-1)43-46-44(42-35-21-7-6-18-32(35)38(27-40(42)52-46)31-22-12-16-28-13-4-5-17-30(28)31)50-48(49-43)51-39-23-10-8-19-33(39)36-25-26-37-34-20-9-11-24-41(34)53-47(37)45(36)51/h1-27H. The number of hydrogen-bond donors (Lipinski definition) is 0. The van der Waals surface area contributed by atoms with Crippen LogP contribution in [0.4, 0.5) is 0 Å². The Morgan fingerprint density at radius 3 is 2.09 bits per heavy atom. The van der Waals surface area contributed by atoms with Gasteiger partial charge in [-0.15, -0.1) is 11.3 Å². The first kappa shape index (κ1) is 28.8. The van der Waals surface area contributed by atoms with Crippen LogP contribution in [0.15, 0.2) is 168 Å². The number of benzene rings is 8. The molecular weight excluding hydrogens is 667 g/mol. The molecule has 0 amide bonds. The van der Waals surface area contributed by atoms with E-state index in [1.165, 1.54) is 47.3 Å². The zero-order valence-corrected chi connectivity index (χ0v) is 29.1. The minimum absolute atomic E-state index is 0.623. The summed E-state index contributed by atoms with van der Waals surface area (Å²) in [5.41, 5.74) is 8.53. The molecule has 0 radical (unpaired) electrons. The number of fused-ring (bicyclic) bond motifs is 13. The van der Waals surface area contributed by atoms with Gasteiger partial charge in [0.1, 0.15) is 16.8 Å². The molecule has 0 fully saturated rings. The third kappa shape index (κ3) is 4.05. The van der Waals surface area contributed by atoms with Gasteiger partial charge in [0.15, 0.2) is 5.58 Å². The Labute approximate surface area is 306 Å². The van der Waals surface area contributed by atoms with Crippen LogP contribution in [0.1, 0.15) is 0 Å². The molecule has 0 aliphatic carbocycles. The SMILES string of the molecule is c1ccc(-c2nc(-n3c4ccccc4c4ccc5c6ccccc6sc5c43)nc3c2oc2cc(-c4cccc5ccccc45)c4ccccc4c23)cc1. The van der Waals surface area contributed by atoms with Crippen molar-refractivity contribution in [2.75, 3.05) is 0 Å². The maximum Gasteiger partial charge on any atom is 0.236 e. The predicted molar refractivity (Wildman–Crippen MR) is 222 cm³/mol. The fraction of sp³-hybridized carbons (Fsp3) is 0. The Bertz CT molecular complexity index is 3460. The fourth-order valence-corrected chi connectivity index (χ4v) is 9.74. The van der Waals surface area contributed by atoms with Crippen LogP contribution in [-0.4, -0.2) is 14.5 Å². The molecule has 0 bridgehead atoms. The van der Waals surface area contributed by atoms with Gasteiger partial charge in [0, 0.05) is 31.8 Å². The van der Waals surface area contributed by atoms with E-state index in [-0.39, 0.29) is 0 Å². The number of hydrogen-bond acceptors (Lipinski definition) is 4. The number of nitrogens with zero attached hydrogens (tertiary/aromatic N) is 3. The summed E-state index contributed by atoms with van der Waals surface area (Å²) in [5, 5.41) is 10.5. The third-order valence-corrected chi connectivity index (χ3v) is 12.0. The van der Waals surface area contributed by atoms with Crippen molar-refractivity contribution < 1.29 is 4.42 Å². The lowest BCUT2D eigenvalue weighted by Crippen LogP contribution is -2.03. The summed E-state index contributed by atoms with van der Waals surface area (Å²) in [5.74, 6) is 0.623. The van der Waals surface area contributed by atoms with Crippen LogP contribution in [0.25, 0.3) is 114 Å².